The van der Waals surface area contributed by atoms with Crippen molar-refractivity contribution in [3.8, 4) is 5.75 Å². The minimum Gasteiger partial charge on any atom is -0.492 e. The maximum Gasteiger partial charge on any atom is 0.264 e. The summed E-state index contributed by atoms with van der Waals surface area (Å²) in [5.74, 6) is -0.426. The number of sulfonamides is 1. The number of carbonyl (C=O) groups excluding carboxylic acids is 2. The first-order valence-electron chi connectivity index (χ1n) is 14.1. The zero-order chi connectivity index (χ0) is 30.0. The summed E-state index contributed by atoms with van der Waals surface area (Å²) in [5.41, 5.74) is 1.99. The average Bonchev–Trinajstić information content (AvgIpc) is 2.97. The molecule has 0 heterocycles. The summed E-state index contributed by atoms with van der Waals surface area (Å²) in [7, 11) is -4.18. The lowest BCUT2D eigenvalue weighted by Crippen LogP contribution is -2.53. The number of hydrogen-bond acceptors (Lipinski definition) is 5. The molecule has 0 bridgehead atoms. The van der Waals surface area contributed by atoms with Crippen molar-refractivity contribution >= 4 is 27.5 Å². The van der Waals surface area contributed by atoms with Crippen LogP contribution in [-0.4, -0.2) is 50.4 Å². The fraction of sp³-hybridized carbons (Fsp3) is 0.375. The highest BCUT2D eigenvalue weighted by atomic mass is 32.2. The molecule has 0 spiro atoms. The highest BCUT2D eigenvalue weighted by molar-refractivity contribution is 7.92. The molecule has 0 aliphatic heterocycles. The monoisotopic (exact) mass is 579 g/mol. The molecule has 220 valence electrons. The van der Waals surface area contributed by atoms with Crippen LogP contribution in [0.25, 0.3) is 0 Å². The molecule has 0 radical (unpaired) electrons. The molecule has 0 aromatic heterocycles. The summed E-state index contributed by atoms with van der Waals surface area (Å²) in [6.07, 6.45) is 1.10. The largest absolute Gasteiger partial charge is 0.492 e. The Balaban J connectivity index is 2.09. The van der Waals surface area contributed by atoms with Gasteiger partial charge >= 0.3 is 0 Å². The predicted octanol–water partition coefficient (Wildman–Crippen LogP) is 5.31. The van der Waals surface area contributed by atoms with Crippen LogP contribution in [0.4, 0.5) is 5.69 Å². The number of carbonyl (C=O) groups is 2. The molecule has 0 saturated heterocycles. The van der Waals surface area contributed by atoms with Crippen molar-refractivity contribution in [2.75, 3.05) is 17.5 Å². The lowest BCUT2D eigenvalue weighted by atomic mass is 10.1. The smallest absolute Gasteiger partial charge is 0.264 e. The van der Waals surface area contributed by atoms with Crippen molar-refractivity contribution in [3.05, 3.63) is 90.0 Å². The van der Waals surface area contributed by atoms with Gasteiger partial charge in [0.2, 0.25) is 11.8 Å². The van der Waals surface area contributed by atoms with Gasteiger partial charge in [0.25, 0.3) is 10.0 Å². The average molecular weight is 580 g/mol. The van der Waals surface area contributed by atoms with Crippen LogP contribution >= 0.6 is 0 Å². The first-order chi connectivity index (χ1) is 19.6. The van der Waals surface area contributed by atoms with Crippen molar-refractivity contribution in [2.24, 2.45) is 0 Å². The van der Waals surface area contributed by atoms with Gasteiger partial charge < -0.3 is 15.0 Å². The second-order valence-corrected chi connectivity index (χ2v) is 11.8. The van der Waals surface area contributed by atoms with E-state index in [1.807, 2.05) is 65.0 Å². The van der Waals surface area contributed by atoms with Crippen LogP contribution < -0.4 is 14.4 Å². The van der Waals surface area contributed by atoms with Gasteiger partial charge in [0.05, 0.1) is 17.2 Å². The van der Waals surface area contributed by atoms with Gasteiger partial charge in [-0.1, -0.05) is 74.0 Å². The van der Waals surface area contributed by atoms with Gasteiger partial charge in [-0.3, -0.25) is 13.9 Å². The number of aryl methyl sites for hydroxylation is 1. The van der Waals surface area contributed by atoms with E-state index in [1.165, 1.54) is 17.0 Å². The third-order valence-electron chi connectivity index (χ3n) is 6.90. The standard InChI is InChI=1S/C32H41N3O5S/c1-6-25(5)33-32(37)28(7-2)34(22-26-14-10-9-11-15-26)31(36)23-35(29-16-12-13-17-30(29)40-8-3)41(38,39)27-20-18-24(4)19-21-27/h9-21,25,28H,6-8,22-23H2,1-5H3,(H,33,37)/t25-,28-/m0/s1. The molecule has 1 N–H and O–H groups in total. The molecule has 0 fully saturated rings. The van der Waals surface area contributed by atoms with E-state index in [0.717, 1.165) is 21.9 Å². The van der Waals surface area contributed by atoms with Crippen molar-refractivity contribution < 1.29 is 22.7 Å². The molecule has 0 aliphatic carbocycles. The number of rotatable bonds is 14. The Kier molecular flexibility index (Phi) is 11.3. The number of amides is 2. The van der Waals surface area contributed by atoms with Crippen LogP contribution in [0.2, 0.25) is 0 Å². The molecule has 41 heavy (non-hydrogen) atoms. The fourth-order valence-electron chi connectivity index (χ4n) is 4.43. The van der Waals surface area contributed by atoms with Crippen LogP contribution in [0, 0.1) is 6.92 Å². The van der Waals surface area contributed by atoms with Crippen molar-refractivity contribution in [1.82, 2.24) is 10.2 Å². The second-order valence-electron chi connectivity index (χ2n) is 9.97. The lowest BCUT2D eigenvalue weighted by Gasteiger charge is -2.34. The topological polar surface area (TPSA) is 96.0 Å². The lowest BCUT2D eigenvalue weighted by molar-refractivity contribution is -0.140. The molecule has 9 heteroatoms. The van der Waals surface area contributed by atoms with Crippen molar-refractivity contribution in [1.29, 1.82) is 0 Å². The summed E-state index contributed by atoms with van der Waals surface area (Å²) < 4.78 is 35.0. The number of benzene rings is 3. The molecule has 0 saturated carbocycles. The number of ether oxygens (including phenoxy) is 1. The first-order valence-corrected chi connectivity index (χ1v) is 15.5. The second kappa shape index (κ2) is 14.7. The molecule has 3 rings (SSSR count). The first kappa shape index (κ1) is 31.7. The third-order valence-corrected chi connectivity index (χ3v) is 8.68. The number of para-hydroxylation sites is 2. The molecular formula is C32H41N3O5S. The van der Waals surface area contributed by atoms with Crippen molar-refractivity contribution in [2.45, 2.75) is 71.0 Å². The zero-order valence-corrected chi connectivity index (χ0v) is 25.4. The fourth-order valence-corrected chi connectivity index (χ4v) is 5.86. The molecule has 2 amide bonds. The van der Waals surface area contributed by atoms with Crippen LogP contribution in [0.15, 0.2) is 83.8 Å². The normalized spacial score (nSPS) is 12.7. The Labute approximate surface area is 244 Å². The molecule has 2 atom stereocenters. The number of anilines is 1. The molecule has 3 aromatic carbocycles. The summed E-state index contributed by atoms with van der Waals surface area (Å²) in [6, 6.07) is 21.8. The summed E-state index contributed by atoms with van der Waals surface area (Å²) in [5, 5.41) is 2.99. The van der Waals surface area contributed by atoms with Crippen LogP contribution in [0.3, 0.4) is 0 Å². The summed E-state index contributed by atoms with van der Waals surface area (Å²) in [6.45, 7) is 9.37. The Morgan fingerprint density at radius 3 is 2.12 bits per heavy atom. The number of nitrogens with one attached hydrogen (secondary N) is 1. The number of hydrogen-bond donors (Lipinski definition) is 1. The minimum absolute atomic E-state index is 0.0540. The van der Waals surface area contributed by atoms with Gasteiger partial charge in [-0.2, -0.15) is 0 Å². The van der Waals surface area contributed by atoms with E-state index in [2.05, 4.69) is 5.32 Å². The Morgan fingerprint density at radius 2 is 1.51 bits per heavy atom. The quantitative estimate of drug-likeness (QED) is 0.279. The van der Waals surface area contributed by atoms with E-state index in [9.17, 15) is 18.0 Å². The van der Waals surface area contributed by atoms with Gasteiger partial charge in [0.1, 0.15) is 18.3 Å². The van der Waals surface area contributed by atoms with Gasteiger partial charge in [0, 0.05) is 12.6 Å². The third kappa shape index (κ3) is 8.10. The zero-order valence-electron chi connectivity index (χ0n) is 24.5. The van der Waals surface area contributed by atoms with E-state index < -0.39 is 28.5 Å². The Hall–Kier alpha value is -3.85. The van der Waals surface area contributed by atoms with Gasteiger partial charge in [-0.15, -0.1) is 0 Å². The molecular weight excluding hydrogens is 538 g/mol. The summed E-state index contributed by atoms with van der Waals surface area (Å²) >= 11 is 0. The van der Waals surface area contributed by atoms with E-state index in [0.29, 0.717) is 18.8 Å². The van der Waals surface area contributed by atoms with E-state index in [-0.39, 0.29) is 29.1 Å². The van der Waals surface area contributed by atoms with Gasteiger partial charge in [-0.05, 0) is 63.4 Å². The van der Waals surface area contributed by atoms with Gasteiger partial charge in [0.15, 0.2) is 0 Å². The molecule has 3 aromatic rings. The van der Waals surface area contributed by atoms with Crippen LogP contribution in [-0.2, 0) is 26.2 Å². The molecule has 8 nitrogen and oxygen atoms in total. The highest BCUT2D eigenvalue weighted by Gasteiger charge is 2.35. The highest BCUT2D eigenvalue weighted by Crippen LogP contribution is 2.33. The minimum atomic E-state index is -4.18. The Morgan fingerprint density at radius 1 is 0.878 bits per heavy atom. The molecule has 0 unspecified atom stereocenters. The number of nitrogens with zero attached hydrogens (tertiary/aromatic N) is 2. The van der Waals surface area contributed by atoms with E-state index in [1.54, 1.807) is 36.4 Å². The van der Waals surface area contributed by atoms with Crippen LogP contribution in [0.1, 0.15) is 51.7 Å². The predicted molar refractivity (Wildman–Crippen MR) is 162 cm³/mol. The maximum atomic E-state index is 14.2. The van der Waals surface area contributed by atoms with Crippen LogP contribution in [0.5, 0.6) is 5.75 Å². The maximum absolute atomic E-state index is 14.2. The van der Waals surface area contributed by atoms with E-state index in [4.69, 9.17) is 4.74 Å². The summed E-state index contributed by atoms with van der Waals surface area (Å²) in [4.78, 5) is 29.1. The van der Waals surface area contributed by atoms with E-state index >= 15 is 0 Å². The SMILES string of the molecule is CCOc1ccccc1N(CC(=O)N(Cc1ccccc1)[C@@H](CC)C(=O)N[C@@H](C)CC)S(=O)(=O)c1ccc(C)cc1. The molecule has 0 aliphatic rings. The van der Waals surface area contributed by atoms with Gasteiger partial charge in [-0.25, -0.2) is 8.42 Å². The Bertz CT molecular complexity index is 1390. The van der Waals surface area contributed by atoms with Crippen molar-refractivity contribution in [3.63, 3.8) is 0 Å².